The van der Waals surface area contributed by atoms with Gasteiger partial charge in [-0.25, -0.2) is 0 Å². The first-order valence-corrected chi connectivity index (χ1v) is 15.6. The Bertz CT molecular complexity index is 2060. The predicted octanol–water partition coefficient (Wildman–Crippen LogP) is 7.51. The van der Waals surface area contributed by atoms with Gasteiger partial charge in [0.1, 0.15) is 6.04 Å². The third-order valence-corrected chi connectivity index (χ3v) is 8.09. The summed E-state index contributed by atoms with van der Waals surface area (Å²) in [5, 5.41) is 9.31. The molecule has 234 valence electrons. The molecule has 2 amide bonds. The summed E-state index contributed by atoms with van der Waals surface area (Å²) in [6, 6.07) is 40.0. The van der Waals surface area contributed by atoms with Crippen molar-refractivity contribution in [2.45, 2.75) is 25.4 Å². The van der Waals surface area contributed by atoms with E-state index in [2.05, 4.69) is 17.9 Å². The second-order valence-corrected chi connectivity index (χ2v) is 11.1. The van der Waals surface area contributed by atoms with Gasteiger partial charge in [-0.3, -0.25) is 19.3 Å². The normalized spacial score (nSPS) is 14.5. The van der Waals surface area contributed by atoms with Crippen LogP contribution in [0.15, 0.2) is 133 Å². The summed E-state index contributed by atoms with van der Waals surface area (Å²) in [7, 11) is 0. The lowest BCUT2D eigenvalue weighted by Crippen LogP contribution is -2.43. The summed E-state index contributed by atoms with van der Waals surface area (Å²) in [4.78, 5) is 46.4. The van der Waals surface area contributed by atoms with Crippen LogP contribution in [0, 0.1) is 23.2 Å². The number of carbonyl (C=O) groups is 3. The number of fused-ring (bicyclic) bond motifs is 1. The highest BCUT2D eigenvalue weighted by molar-refractivity contribution is 6.14. The minimum Gasteiger partial charge on any atom is -0.466 e. The fourth-order valence-electron chi connectivity index (χ4n) is 5.94. The number of nitrogens with zero attached hydrogens (tertiary/aromatic N) is 3. The fraction of sp³-hybridized carbons (Fsp3) is 0.122. The van der Waals surface area contributed by atoms with Crippen molar-refractivity contribution in [3.05, 3.63) is 167 Å². The number of ether oxygens (including phenoxy) is 1. The van der Waals surface area contributed by atoms with Crippen molar-refractivity contribution in [3.8, 4) is 17.9 Å². The van der Waals surface area contributed by atoms with E-state index in [0.29, 0.717) is 39.2 Å². The Morgan fingerprint density at radius 1 is 0.771 bits per heavy atom. The molecule has 5 aromatic rings. The van der Waals surface area contributed by atoms with Crippen LogP contribution in [0.1, 0.15) is 63.6 Å². The van der Waals surface area contributed by atoms with E-state index in [1.807, 2.05) is 97.1 Å². The van der Waals surface area contributed by atoms with Crippen LogP contribution in [0.4, 0.5) is 11.4 Å². The molecule has 7 nitrogen and oxygen atoms in total. The first kappa shape index (κ1) is 31.5. The highest BCUT2D eigenvalue weighted by Crippen LogP contribution is 2.43. The molecule has 1 aliphatic rings. The molecule has 0 fully saturated rings. The van der Waals surface area contributed by atoms with Crippen LogP contribution in [-0.4, -0.2) is 29.3 Å². The third kappa shape index (κ3) is 6.58. The van der Waals surface area contributed by atoms with Crippen molar-refractivity contribution in [3.63, 3.8) is 0 Å². The second kappa shape index (κ2) is 14.3. The lowest BCUT2D eigenvalue weighted by atomic mass is 9.95. The van der Waals surface area contributed by atoms with Crippen LogP contribution in [0.3, 0.4) is 0 Å². The molecule has 7 heteroatoms. The molecule has 2 atom stereocenters. The topological polar surface area (TPSA) is 90.7 Å². The molecule has 0 spiro atoms. The number of esters is 1. The molecule has 0 radical (unpaired) electrons. The average Bonchev–Trinajstić information content (AvgIpc) is 3.22. The van der Waals surface area contributed by atoms with Crippen LogP contribution in [0.25, 0.3) is 0 Å². The summed E-state index contributed by atoms with van der Waals surface area (Å²) in [6.07, 6.45) is -0.157. The number of hydrogen-bond acceptors (Lipinski definition) is 5. The predicted molar refractivity (Wildman–Crippen MR) is 183 cm³/mol. The van der Waals surface area contributed by atoms with Gasteiger partial charge in [0, 0.05) is 16.8 Å². The van der Waals surface area contributed by atoms with E-state index in [4.69, 9.17) is 4.74 Å². The molecule has 48 heavy (non-hydrogen) atoms. The van der Waals surface area contributed by atoms with Crippen molar-refractivity contribution in [2.24, 2.45) is 0 Å². The minimum atomic E-state index is -1.09. The summed E-state index contributed by atoms with van der Waals surface area (Å²) >= 11 is 0. The maximum absolute atomic E-state index is 15.1. The van der Waals surface area contributed by atoms with E-state index in [1.165, 1.54) is 4.90 Å². The second-order valence-electron chi connectivity index (χ2n) is 11.1. The Hall–Kier alpha value is -6.44. The standard InChI is InChI=1S/C41H31N3O4/c1-2-48-38(45)27-37(32-15-6-3-7-16-32)44-39(33-17-8-4-9-18-33)41(47)43(34-19-10-5-11-20-34)36-24-23-30(26-35(36)40(44)46)22-21-29-13-12-14-31(25-29)28-42/h3-20,23-26,37,39H,2,27H2,1H3. The van der Waals surface area contributed by atoms with Gasteiger partial charge < -0.3 is 9.64 Å². The van der Waals surface area contributed by atoms with Gasteiger partial charge in [-0.05, 0) is 66.6 Å². The van der Waals surface area contributed by atoms with Crippen molar-refractivity contribution in [1.29, 1.82) is 5.26 Å². The average molecular weight is 630 g/mol. The van der Waals surface area contributed by atoms with Crippen LogP contribution in [0.5, 0.6) is 0 Å². The van der Waals surface area contributed by atoms with Crippen molar-refractivity contribution in [2.75, 3.05) is 11.5 Å². The lowest BCUT2D eigenvalue weighted by molar-refractivity contribution is -0.145. The van der Waals surface area contributed by atoms with Gasteiger partial charge in [0.25, 0.3) is 11.8 Å². The molecule has 6 rings (SSSR count). The van der Waals surface area contributed by atoms with E-state index in [0.717, 1.165) is 0 Å². The van der Waals surface area contributed by atoms with Gasteiger partial charge in [0.15, 0.2) is 0 Å². The van der Waals surface area contributed by atoms with E-state index in [1.54, 1.807) is 48.2 Å². The zero-order chi connectivity index (χ0) is 33.5. The molecule has 0 N–H and O–H groups in total. The number of carbonyl (C=O) groups excluding carboxylic acids is 3. The quantitative estimate of drug-likeness (QED) is 0.137. The van der Waals surface area contributed by atoms with Crippen molar-refractivity contribution < 1.29 is 19.1 Å². The summed E-state index contributed by atoms with van der Waals surface area (Å²) in [5.74, 6) is 4.95. The smallest absolute Gasteiger partial charge is 0.308 e. The highest BCUT2D eigenvalue weighted by Gasteiger charge is 2.45. The van der Waals surface area contributed by atoms with Gasteiger partial charge >= 0.3 is 5.97 Å². The van der Waals surface area contributed by atoms with Crippen LogP contribution >= 0.6 is 0 Å². The van der Waals surface area contributed by atoms with Gasteiger partial charge in [-0.2, -0.15) is 5.26 Å². The molecule has 2 unspecified atom stereocenters. The molecule has 1 aliphatic heterocycles. The Morgan fingerprint density at radius 2 is 1.40 bits per heavy atom. The first-order chi connectivity index (χ1) is 23.5. The SMILES string of the molecule is CCOC(=O)CC(c1ccccc1)N1C(=O)c2cc(C#Cc3cccc(C#N)c3)ccc2N(c2ccccc2)C(=O)C1c1ccccc1. The highest BCUT2D eigenvalue weighted by atomic mass is 16.5. The maximum atomic E-state index is 15.1. The summed E-state index contributed by atoms with van der Waals surface area (Å²) in [6.45, 7) is 1.91. The van der Waals surface area contributed by atoms with Gasteiger partial charge in [0.05, 0.1) is 42.0 Å². The van der Waals surface area contributed by atoms with Crippen LogP contribution in [0.2, 0.25) is 0 Å². The molecule has 0 bridgehead atoms. The zero-order valence-corrected chi connectivity index (χ0v) is 26.2. The van der Waals surface area contributed by atoms with Crippen LogP contribution in [-0.2, 0) is 14.3 Å². The van der Waals surface area contributed by atoms with Gasteiger partial charge in [-0.15, -0.1) is 0 Å². The molecular formula is C41H31N3O4. The Labute approximate surface area is 279 Å². The van der Waals surface area contributed by atoms with Gasteiger partial charge in [-0.1, -0.05) is 96.8 Å². The molecular weight excluding hydrogens is 598 g/mol. The molecule has 5 aromatic carbocycles. The first-order valence-electron chi connectivity index (χ1n) is 15.6. The van der Waals surface area contributed by atoms with Crippen LogP contribution < -0.4 is 4.90 Å². The summed E-state index contributed by atoms with van der Waals surface area (Å²) in [5.41, 5.74) is 4.24. The number of para-hydroxylation sites is 1. The number of benzene rings is 5. The lowest BCUT2D eigenvalue weighted by Gasteiger charge is -2.37. The number of rotatable bonds is 7. The number of nitriles is 1. The van der Waals surface area contributed by atoms with E-state index in [9.17, 15) is 10.1 Å². The molecule has 1 heterocycles. The minimum absolute atomic E-state index is 0.157. The Kier molecular flexibility index (Phi) is 9.41. The Morgan fingerprint density at radius 3 is 2.06 bits per heavy atom. The molecule has 0 aromatic heterocycles. The van der Waals surface area contributed by atoms with Crippen molar-refractivity contribution in [1.82, 2.24) is 4.90 Å². The number of anilines is 2. The fourth-order valence-corrected chi connectivity index (χ4v) is 5.94. The van der Waals surface area contributed by atoms with E-state index < -0.39 is 24.0 Å². The molecule has 0 aliphatic carbocycles. The van der Waals surface area contributed by atoms with Gasteiger partial charge in [0.2, 0.25) is 0 Å². The van der Waals surface area contributed by atoms with Crippen molar-refractivity contribution >= 4 is 29.2 Å². The molecule has 0 saturated carbocycles. The number of amides is 2. The van der Waals surface area contributed by atoms with E-state index >= 15 is 9.59 Å². The molecule has 0 saturated heterocycles. The maximum Gasteiger partial charge on any atom is 0.308 e. The van der Waals surface area contributed by atoms with E-state index in [-0.39, 0.29) is 24.5 Å². The number of hydrogen-bond donors (Lipinski definition) is 0. The summed E-state index contributed by atoms with van der Waals surface area (Å²) < 4.78 is 5.38. The largest absolute Gasteiger partial charge is 0.466 e. The zero-order valence-electron chi connectivity index (χ0n) is 26.2. The third-order valence-electron chi connectivity index (χ3n) is 8.09. The Balaban J connectivity index is 1.58. The monoisotopic (exact) mass is 629 g/mol.